The molecule has 0 unspecified atom stereocenters. The van der Waals surface area contributed by atoms with Crippen molar-refractivity contribution in [1.29, 1.82) is 0 Å². The van der Waals surface area contributed by atoms with Crippen LogP contribution in [0.1, 0.15) is 50.2 Å². The molecule has 2 aromatic carbocycles. The number of amides is 1. The van der Waals surface area contributed by atoms with Crippen molar-refractivity contribution in [3.8, 4) is 0 Å². The van der Waals surface area contributed by atoms with Crippen molar-refractivity contribution in [2.24, 2.45) is 11.8 Å². The van der Waals surface area contributed by atoms with Crippen molar-refractivity contribution in [1.82, 2.24) is 4.90 Å². The number of ether oxygens (including phenoxy) is 1. The number of hydrogen-bond acceptors (Lipinski definition) is 2. The van der Waals surface area contributed by atoms with Crippen molar-refractivity contribution in [2.45, 2.75) is 51.2 Å². The Bertz CT molecular complexity index is 832. The summed E-state index contributed by atoms with van der Waals surface area (Å²) >= 11 is 0. The van der Waals surface area contributed by atoms with Gasteiger partial charge in [-0.25, -0.2) is 4.79 Å². The van der Waals surface area contributed by atoms with Crippen molar-refractivity contribution in [3.05, 3.63) is 77.9 Å². The summed E-state index contributed by atoms with van der Waals surface area (Å²) in [6, 6.07) is 20.4. The topological polar surface area (TPSA) is 29.5 Å². The van der Waals surface area contributed by atoms with Crippen LogP contribution in [0.4, 0.5) is 4.79 Å². The summed E-state index contributed by atoms with van der Waals surface area (Å²) < 4.78 is 5.76. The Morgan fingerprint density at radius 1 is 1.07 bits per heavy atom. The minimum atomic E-state index is -0.154. The van der Waals surface area contributed by atoms with E-state index in [0.717, 1.165) is 24.9 Å². The van der Waals surface area contributed by atoms with Crippen molar-refractivity contribution in [3.63, 3.8) is 0 Å². The third-order valence-corrected chi connectivity index (χ3v) is 6.93. The Morgan fingerprint density at radius 2 is 1.79 bits per heavy atom. The number of likely N-dealkylation sites (tertiary alicyclic amines) is 1. The largest absolute Gasteiger partial charge is 0.445 e. The molecule has 1 aliphatic carbocycles. The monoisotopic (exact) mass is 389 g/mol. The SMILES string of the molecule is C[C@@H]1CCC[C@H]2CCN(C(=O)OCc3ccccc3)[C@]21C/C=C/c1ccccc1. The molecular weight excluding hydrogens is 358 g/mol. The van der Waals surface area contributed by atoms with Crippen LogP contribution in [0.3, 0.4) is 0 Å². The van der Waals surface area contributed by atoms with E-state index < -0.39 is 0 Å². The number of carbonyl (C=O) groups is 1. The Morgan fingerprint density at radius 3 is 2.55 bits per heavy atom. The van der Waals surface area contributed by atoms with Crippen LogP contribution in [0, 0.1) is 11.8 Å². The molecule has 0 spiro atoms. The van der Waals surface area contributed by atoms with Gasteiger partial charge in [0.25, 0.3) is 0 Å². The Hall–Kier alpha value is -2.55. The number of rotatable bonds is 5. The molecule has 152 valence electrons. The Labute approximate surface area is 174 Å². The Balaban J connectivity index is 1.52. The standard InChI is InChI=1S/C26H31NO2/c1-21-10-8-16-24-17-19-27(25(28)29-20-23-13-6-3-7-14-23)26(21,24)18-9-15-22-11-4-2-5-12-22/h2-7,9,11-15,21,24H,8,10,16-20H2,1H3/b15-9+/t21-,24+,26+/m1/s1. The van der Waals surface area contributed by atoms with E-state index in [-0.39, 0.29) is 11.6 Å². The zero-order chi connectivity index (χ0) is 20.1. The summed E-state index contributed by atoms with van der Waals surface area (Å²) in [5.41, 5.74) is 2.13. The molecule has 2 fully saturated rings. The maximum absolute atomic E-state index is 13.1. The van der Waals surface area contributed by atoms with Gasteiger partial charge in [0.2, 0.25) is 0 Å². The van der Waals surface area contributed by atoms with Gasteiger partial charge in [-0.15, -0.1) is 0 Å². The molecule has 2 aromatic rings. The first-order valence-corrected chi connectivity index (χ1v) is 10.9. The van der Waals surface area contributed by atoms with E-state index >= 15 is 0 Å². The average molecular weight is 390 g/mol. The van der Waals surface area contributed by atoms with Gasteiger partial charge < -0.3 is 9.64 Å². The van der Waals surface area contributed by atoms with Crippen LogP contribution in [0.15, 0.2) is 66.7 Å². The fourth-order valence-electron chi connectivity index (χ4n) is 5.43. The second kappa shape index (κ2) is 8.86. The van der Waals surface area contributed by atoms with Crippen LogP contribution in [0.5, 0.6) is 0 Å². The molecule has 4 rings (SSSR count). The zero-order valence-electron chi connectivity index (χ0n) is 17.3. The molecule has 1 heterocycles. The first kappa shape index (κ1) is 19.8. The van der Waals surface area contributed by atoms with Gasteiger partial charge in [0.05, 0.1) is 5.54 Å². The van der Waals surface area contributed by atoms with Gasteiger partial charge >= 0.3 is 6.09 Å². The zero-order valence-corrected chi connectivity index (χ0v) is 17.3. The van der Waals surface area contributed by atoms with Gasteiger partial charge in [-0.2, -0.15) is 0 Å². The van der Waals surface area contributed by atoms with E-state index in [2.05, 4.69) is 48.2 Å². The summed E-state index contributed by atoms with van der Waals surface area (Å²) in [4.78, 5) is 15.2. The van der Waals surface area contributed by atoms with E-state index in [4.69, 9.17) is 4.74 Å². The third-order valence-electron chi connectivity index (χ3n) is 6.93. The maximum Gasteiger partial charge on any atom is 0.410 e. The van der Waals surface area contributed by atoms with E-state index in [0.29, 0.717) is 18.4 Å². The first-order chi connectivity index (χ1) is 14.2. The van der Waals surface area contributed by atoms with E-state index in [1.54, 1.807) is 0 Å². The molecule has 0 aromatic heterocycles. The fourth-order valence-corrected chi connectivity index (χ4v) is 5.43. The molecule has 1 aliphatic heterocycles. The molecule has 0 radical (unpaired) electrons. The second-order valence-electron chi connectivity index (χ2n) is 8.52. The first-order valence-electron chi connectivity index (χ1n) is 10.9. The van der Waals surface area contributed by atoms with Crippen LogP contribution in [0.2, 0.25) is 0 Å². The second-order valence-corrected chi connectivity index (χ2v) is 8.52. The molecule has 1 saturated heterocycles. The van der Waals surface area contributed by atoms with Crippen LogP contribution in [0.25, 0.3) is 6.08 Å². The molecule has 0 N–H and O–H groups in total. The maximum atomic E-state index is 13.1. The number of nitrogens with zero attached hydrogens (tertiary/aromatic N) is 1. The van der Waals surface area contributed by atoms with E-state index in [1.165, 1.54) is 24.8 Å². The molecule has 3 heteroatoms. The minimum absolute atomic E-state index is 0.114. The molecular formula is C26H31NO2. The lowest BCUT2D eigenvalue weighted by atomic mass is 9.65. The van der Waals surface area contributed by atoms with Crippen LogP contribution >= 0.6 is 0 Å². The number of fused-ring (bicyclic) bond motifs is 1. The van der Waals surface area contributed by atoms with Crippen LogP contribution in [-0.2, 0) is 11.3 Å². The third kappa shape index (κ3) is 4.10. The number of carbonyl (C=O) groups excluding carboxylic acids is 1. The van der Waals surface area contributed by atoms with Gasteiger partial charge in [-0.3, -0.25) is 0 Å². The smallest absolute Gasteiger partial charge is 0.410 e. The lowest BCUT2D eigenvalue weighted by Crippen LogP contribution is -2.56. The molecule has 3 atom stereocenters. The van der Waals surface area contributed by atoms with Crippen molar-refractivity contribution < 1.29 is 9.53 Å². The van der Waals surface area contributed by atoms with Gasteiger partial charge in [0.1, 0.15) is 6.61 Å². The highest BCUT2D eigenvalue weighted by Gasteiger charge is 2.54. The highest BCUT2D eigenvalue weighted by molar-refractivity contribution is 5.69. The lowest BCUT2D eigenvalue weighted by Gasteiger charge is -2.49. The summed E-state index contributed by atoms with van der Waals surface area (Å²) in [6.45, 7) is 3.47. The average Bonchev–Trinajstić information content (AvgIpc) is 3.14. The molecule has 2 aliphatic rings. The van der Waals surface area contributed by atoms with Crippen molar-refractivity contribution >= 4 is 12.2 Å². The molecule has 0 bridgehead atoms. The number of benzene rings is 2. The van der Waals surface area contributed by atoms with Crippen molar-refractivity contribution in [2.75, 3.05) is 6.54 Å². The molecule has 1 amide bonds. The molecule has 1 saturated carbocycles. The van der Waals surface area contributed by atoms with Gasteiger partial charge in [-0.05, 0) is 48.6 Å². The highest BCUT2D eigenvalue weighted by atomic mass is 16.6. The predicted molar refractivity (Wildman–Crippen MR) is 117 cm³/mol. The van der Waals surface area contributed by atoms with E-state index in [1.807, 2.05) is 36.4 Å². The fraction of sp³-hybridized carbons (Fsp3) is 0.423. The van der Waals surface area contributed by atoms with Gasteiger partial charge in [-0.1, -0.05) is 86.2 Å². The predicted octanol–water partition coefficient (Wildman–Crippen LogP) is 6.31. The quantitative estimate of drug-likeness (QED) is 0.600. The van der Waals surface area contributed by atoms with Gasteiger partial charge in [0, 0.05) is 6.54 Å². The highest BCUT2D eigenvalue weighted by Crippen LogP contribution is 2.51. The van der Waals surface area contributed by atoms with Crippen LogP contribution in [-0.4, -0.2) is 23.1 Å². The van der Waals surface area contributed by atoms with Crippen LogP contribution < -0.4 is 0 Å². The summed E-state index contributed by atoms with van der Waals surface area (Å²) in [7, 11) is 0. The van der Waals surface area contributed by atoms with Gasteiger partial charge in [0.15, 0.2) is 0 Å². The molecule has 29 heavy (non-hydrogen) atoms. The number of hydrogen-bond donors (Lipinski definition) is 0. The summed E-state index contributed by atoms with van der Waals surface area (Å²) in [5, 5.41) is 0. The summed E-state index contributed by atoms with van der Waals surface area (Å²) in [6.07, 6.45) is 9.95. The normalized spacial score (nSPS) is 26.4. The molecule has 3 nitrogen and oxygen atoms in total. The minimum Gasteiger partial charge on any atom is -0.445 e. The van der Waals surface area contributed by atoms with E-state index in [9.17, 15) is 4.79 Å². The summed E-state index contributed by atoms with van der Waals surface area (Å²) in [5.74, 6) is 1.05. The Kier molecular flexibility index (Phi) is 6.03. The lowest BCUT2D eigenvalue weighted by molar-refractivity contribution is 0.00666.